The zero-order valence-corrected chi connectivity index (χ0v) is 13.9. The summed E-state index contributed by atoms with van der Waals surface area (Å²) in [6, 6.07) is 12.5. The number of nitrogens with one attached hydrogen (secondary N) is 2. The average molecular weight is 324 g/mol. The molecule has 1 amide bonds. The van der Waals surface area contributed by atoms with Crippen LogP contribution in [0.4, 0.5) is 5.69 Å². The molecule has 0 aliphatic carbocycles. The first-order valence-corrected chi connectivity index (χ1v) is 8.82. The molecule has 2 aromatic rings. The highest BCUT2D eigenvalue weighted by Gasteiger charge is 2.22. The fraction of sp³-hybridized carbons (Fsp3) is 0.421. The predicted molar refractivity (Wildman–Crippen MR) is 97.8 cm³/mol. The number of carbonyl (C=O) groups is 1. The fourth-order valence-electron chi connectivity index (χ4n) is 3.69. The molecule has 2 aromatic carbocycles. The Morgan fingerprint density at radius 3 is 2.12 bits per heavy atom. The van der Waals surface area contributed by atoms with E-state index in [0.29, 0.717) is 0 Å². The first-order valence-electron chi connectivity index (χ1n) is 8.82. The Labute approximate surface area is 142 Å². The summed E-state index contributed by atoms with van der Waals surface area (Å²) < 4.78 is 0. The van der Waals surface area contributed by atoms with E-state index in [0.717, 1.165) is 63.3 Å². The molecule has 0 aromatic heterocycles. The lowest BCUT2D eigenvalue weighted by Crippen LogP contribution is -2.46. The molecule has 0 spiro atoms. The first-order chi connectivity index (χ1) is 11.8. The molecule has 2 saturated heterocycles. The van der Waals surface area contributed by atoms with Crippen LogP contribution in [0.2, 0.25) is 0 Å². The summed E-state index contributed by atoms with van der Waals surface area (Å²) in [7, 11) is 0. The van der Waals surface area contributed by atoms with Crippen LogP contribution >= 0.6 is 0 Å². The number of benzene rings is 2. The molecule has 5 nitrogen and oxygen atoms in total. The molecular weight excluding hydrogens is 300 g/mol. The third-order valence-electron chi connectivity index (χ3n) is 4.99. The van der Waals surface area contributed by atoms with Gasteiger partial charge in [0.25, 0.3) is 5.91 Å². The Morgan fingerprint density at radius 2 is 1.42 bits per heavy atom. The van der Waals surface area contributed by atoms with Crippen LogP contribution in [0.25, 0.3) is 10.8 Å². The predicted octanol–water partition coefficient (Wildman–Crippen LogP) is 1.29. The van der Waals surface area contributed by atoms with Crippen molar-refractivity contribution >= 4 is 22.4 Å². The van der Waals surface area contributed by atoms with E-state index in [9.17, 15) is 4.79 Å². The summed E-state index contributed by atoms with van der Waals surface area (Å²) in [5, 5.41) is 8.95. The second-order valence-corrected chi connectivity index (χ2v) is 6.46. The molecule has 24 heavy (non-hydrogen) atoms. The van der Waals surface area contributed by atoms with E-state index in [1.807, 2.05) is 17.0 Å². The Morgan fingerprint density at radius 1 is 0.792 bits per heavy atom. The van der Waals surface area contributed by atoms with Gasteiger partial charge in [-0.1, -0.05) is 24.3 Å². The minimum atomic E-state index is 0.152. The van der Waals surface area contributed by atoms with Gasteiger partial charge >= 0.3 is 0 Å². The molecule has 2 N–H and O–H groups in total. The monoisotopic (exact) mass is 324 g/mol. The third-order valence-corrected chi connectivity index (χ3v) is 4.99. The van der Waals surface area contributed by atoms with Gasteiger partial charge < -0.3 is 20.4 Å². The Balaban J connectivity index is 1.73. The van der Waals surface area contributed by atoms with Gasteiger partial charge in [0.05, 0.1) is 0 Å². The van der Waals surface area contributed by atoms with Gasteiger partial charge in [0.2, 0.25) is 0 Å². The minimum Gasteiger partial charge on any atom is -0.368 e. The van der Waals surface area contributed by atoms with Gasteiger partial charge in [-0.15, -0.1) is 0 Å². The molecule has 2 fully saturated rings. The molecule has 2 aliphatic heterocycles. The molecule has 5 heteroatoms. The summed E-state index contributed by atoms with van der Waals surface area (Å²) in [6.07, 6.45) is 0. The minimum absolute atomic E-state index is 0.152. The second-order valence-electron chi connectivity index (χ2n) is 6.46. The first kappa shape index (κ1) is 15.4. The summed E-state index contributed by atoms with van der Waals surface area (Å²) in [5.41, 5.74) is 2.07. The van der Waals surface area contributed by atoms with Crippen molar-refractivity contribution in [3.63, 3.8) is 0 Å². The Bertz CT molecular complexity index is 733. The van der Waals surface area contributed by atoms with E-state index < -0.39 is 0 Å². The molecule has 2 aliphatic rings. The lowest BCUT2D eigenvalue weighted by Gasteiger charge is -2.31. The smallest absolute Gasteiger partial charge is 0.254 e. The number of amides is 1. The van der Waals surface area contributed by atoms with E-state index >= 15 is 0 Å². The van der Waals surface area contributed by atoms with Crippen molar-refractivity contribution in [2.24, 2.45) is 0 Å². The van der Waals surface area contributed by atoms with Crippen LogP contribution in [0.3, 0.4) is 0 Å². The number of piperazine rings is 2. The summed E-state index contributed by atoms with van der Waals surface area (Å²) in [5.74, 6) is 0.152. The number of hydrogen-bond donors (Lipinski definition) is 2. The summed E-state index contributed by atoms with van der Waals surface area (Å²) in [4.78, 5) is 17.4. The highest BCUT2D eigenvalue weighted by Crippen LogP contribution is 2.30. The van der Waals surface area contributed by atoms with Crippen LogP contribution in [0.1, 0.15) is 10.4 Å². The number of anilines is 1. The van der Waals surface area contributed by atoms with Crippen LogP contribution in [-0.4, -0.2) is 63.2 Å². The van der Waals surface area contributed by atoms with Crippen molar-refractivity contribution in [2.45, 2.75) is 0 Å². The van der Waals surface area contributed by atoms with Crippen LogP contribution in [0.15, 0.2) is 36.4 Å². The van der Waals surface area contributed by atoms with Gasteiger partial charge in [0, 0.05) is 69.0 Å². The number of fused-ring (bicyclic) bond motifs is 1. The number of nitrogens with zero attached hydrogens (tertiary/aromatic N) is 2. The largest absolute Gasteiger partial charge is 0.368 e. The Kier molecular flexibility index (Phi) is 4.36. The van der Waals surface area contributed by atoms with Crippen molar-refractivity contribution in [1.82, 2.24) is 15.5 Å². The van der Waals surface area contributed by atoms with Gasteiger partial charge in [0.15, 0.2) is 0 Å². The zero-order valence-electron chi connectivity index (χ0n) is 13.9. The van der Waals surface area contributed by atoms with E-state index in [4.69, 9.17) is 0 Å². The van der Waals surface area contributed by atoms with Crippen molar-refractivity contribution < 1.29 is 4.79 Å². The van der Waals surface area contributed by atoms with Gasteiger partial charge in [-0.2, -0.15) is 0 Å². The molecule has 0 atom stereocenters. The molecule has 0 unspecified atom stereocenters. The van der Waals surface area contributed by atoms with Gasteiger partial charge in [-0.3, -0.25) is 4.79 Å². The molecule has 0 radical (unpaired) electrons. The maximum atomic E-state index is 13.0. The van der Waals surface area contributed by atoms with Crippen LogP contribution < -0.4 is 15.5 Å². The SMILES string of the molecule is O=C(c1ccc(N2CCNCC2)c2ccccc12)N1CCNCC1. The van der Waals surface area contributed by atoms with E-state index in [1.165, 1.54) is 11.1 Å². The molecule has 0 saturated carbocycles. The lowest BCUT2D eigenvalue weighted by atomic mass is 10.0. The molecule has 126 valence electrons. The van der Waals surface area contributed by atoms with E-state index in [-0.39, 0.29) is 5.91 Å². The van der Waals surface area contributed by atoms with Crippen molar-refractivity contribution in [3.8, 4) is 0 Å². The third kappa shape index (κ3) is 2.85. The molecule has 0 bridgehead atoms. The number of carbonyl (C=O) groups excluding carboxylic acids is 1. The number of hydrogen-bond acceptors (Lipinski definition) is 4. The topological polar surface area (TPSA) is 47.6 Å². The van der Waals surface area contributed by atoms with Crippen LogP contribution in [0.5, 0.6) is 0 Å². The zero-order chi connectivity index (χ0) is 16.4. The van der Waals surface area contributed by atoms with Crippen molar-refractivity contribution in [3.05, 3.63) is 42.0 Å². The molecule has 4 rings (SSSR count). The maximum Gasteiger partial charge on any atom is 0.254 e. The van der Waals surface area contributed by atoms with Crippen molar-refractivity contribution in [1.29, 1.82) is 0 Å². The normalized spacial score (nSPS) is 18.8. The van der Waals surface area contributed by atoms with E-state index in [2.05, 4.69) is 39.8 Å². The van der Waals surface area contributed by atoms with Crippen LogP contribution in [0, 0.1) is 0 Å². The fourth-order valence-corrected chi connectivity index (χ4v) is 3.69. The Hall–Kier alpha value is -2.11. The van der Waals surface area contributed by atoms with Gasteiger partial charge in [-0.25, -0.2) is 0 Å². The van der Waals surface area contributed by atoms with Crippen molar-refractivity contribution in [2.75, 3.05) is 57.3 Å². The van der Waals surface area contributed by atoms with Gasteiger partial charge in [0.1, 0.15) is 0 Å². The molecule has 2 heterocycles. The standard InChI is InChI=1S/C19H24N4O/c24-19(23-13-9-21-10-14-23)17-5-6-18(22-11-7-20-8-12-22)16-4-2-1-3-15(16)17/h1-6,20-21H,7-14H2. The highest BCUT2D eigenvalue weighted by atomic mass is 16.2. The maximum absolute atomic E-state index is 13.0. The highest BCUT2D eigenvalue weighted by molar-refractivity contribution is 6.10. The lowest BCUT2D eigenvalue weighted by molar-refractivity contribution is 0.0738. The quantitative estimate of drug-likeness (QED) is 0.874. The van der Waals surface area contributed by atoms with Gasteiger partial charge in [-0.05, 0) is 17.5 Å². The summed E-state index contributed by atoms with van der Waals surface area (Å²) >= 11 is 0. The average Bonchev–Trinajstić information content (AvgIpc) is 2.68. The number of rotatable bonds is 2. The van der Waals surface area contributed by atoms with Crippen LogP contribution in [-0.2, 0) is 0 Å². The second kappa shape index (κ2) is 6.79. The summed E-state index contributed by atoms with van der Waals surface area (Å²) in [6.45, 7) is 7.36. The van der Waals surface area contributed by atoms with E-state index in [1.54, 1.807) is 0 Å². The molecular formula is C19H24N4O.